The predicted octanol–water partition coefficient (Wildman–Crippen LogP) is 2.31. The van der Waals surface area contributed by atoms with Gasteiger partial charge in [-0.15, -0.1) is 11.3 Å². The Hall–Kier alpha value is -2.65. The molecule has 0 spiro atoms. The van der Waals surface area contributed by atoms with Crippen LogP contribution in [0.4, 0.5) is 5.13 Å². The van der Waals surface area contributed by atoms with E-state index in [4.69, 9.17) is 14.9 Å². The first-order valence-corrected chi connectivity index (χ1v) is 9.61. The minimum absolute atomic E-state index is 0.103. The molecular formula is C18H23N5O3S. The average molecular weight is 389 g/mol. The first kappa shape index (κ1) is 19.1. The number of furan rings is 1. The lowest BCUT2D eigenvalue weighted by molar-refractivity contribution is -0.119. The Bertz CT molecular complexity index is 832. The van der Waals surface area contributed by atoms with Crippen LogP contribution < -0.4 is 16.4 Å². The molecule has 0 bridgehead atoms. The normalized spacial score (nSPS) is 14.9. The molecule has 9 heteroatoms. The number of guanidine groups is 1. The molecule has 144 valence electrons. The lowest BCUT2D eigenvalue weighted by Gasteiger charge is -2.14. The second-order valence-electron chi connectivity index (χ2n) is 6.04. The van der Waals surface area contributed by atoms with Gasteiger partial charge in [-0.3, -0.25) is 4.79 Å². The molecule has 1 aliphatic rings. The quantitative estimate of drug-likeness (QED) is 0.397. The average Bonchev–Trinajstić information content (AvgIpc) is 3.30. The van der Waals surface area contributed by atoms with Crippen LogP contribution in [-0.4, -0.2) is 36.6 Å². The molecule has 0 atom stereocenters. The number of nitrogens with zero attached hydrogens (tertiary/aromatic N) is 2. The Labute approximate surface area is 161 Å². The van der Waals surface area contributed by atoms with Crippen molar-refractivity contribution in [3.05, 3.63) is 34.9 Å². The Morgan fingerprint density at radius 1 is 1.37 bits per heavy atom. The molecular weight excluding hydrogens is 366 g/mol. The van der Waals surface area contributed by atoms with E-state index in [1.165, 1.54) is 23.8 Å². The summed E-state index contributed by atoms with van der Waals surface area (Å²) in [5, 5.41) is 8.17. The van der Waals surface area contributed by atoms with E-state index in [2.05, 4.69) is 26.7 Å². The number of thiazole rings is 1. The first-order valence-electron chi connectivity index (χ1n) is 8.73. The van der Waals surface area contributed by atoms with Crippen molar-refractivity contribution in [3.8, 4) is 11.5 Å². The van der Waals surface area contributed by atoms with Gasteiger partial charge in [-0.05, 0) is 25.0 Å². The maximum absolute atomic E-state index is 11.0. The number of rotatable bonds is 6. The molecule has 2 aromatic heterocycles. The van der Waals surface area contributed by atoms with Gasteiger partial charge < -0.3 is 25.5 Å². The van der Waals surface area contributed by atoms with Crippen LogP contribution in [0, 0.1) is 0 Å². The van der Waals surface area contributed by atoms with Crippen LogP contribution in [0.15, 0.2) is 38.6 Å². The fourth-order valence-corrected chi connectivity index (χ4v) is 3.22. The molecule has 4 N–H and O–H groups in total. The number of aromatic nitrogens is 1. The van der Waals surface area contributed by atoms with Crippen LogP contribution in [0.1, 0.15) is 25.5 Å². The van der Waals surface area contributed by atoms with Gasteiger partial charge in [-0.2, -0.15) is 4.99 Å². The highest BCUT2D eigenvalue weighted by atomic mass is 32.1. The van der Waals surface area contributed by atoms with Gasteiger partial charge in [0, 0.05) is 18.8 Å². The van der Waals surface area contributed by atoms with Gasteiger partial charge >= 0.3 is 0 Å². The van der Waals surface area contributed by atoms with E-state index in [0.717, 1.165) is 26.1 Å². The van der Waals surface area contributed by atoms with Crippen LogP contribution in [0.5, 0.6) is 0 Å². The SMILES string of the molecule is CC(=O)NCc1ccc(-c2csc(/N=C(\N)NCC=C3CCOCC3)n2)o1. The van der Waals surface area contributed by atoms with E-state index < -0.39 is 0 Å². The van der Waals surface area contributed by atoms with Crippen LogP contribution in [-0.2, 0) is 16.1 Å². The summed E-state index contributed by atoms with van der Waals surface area (Å²) in [6, 6.07) is 3.63. The number of hydrogen-bond acceptors (Lipinski definition) is 6. The summed E-state index contributed by atoms with van der Waals surface area (Å²) in [6.45, 7) is 4.02. The Kier molecular flexibility index (Phi) is 6.61. The highest BCUT2D eigenvalue weighted by molar-refractivity contribution is 7.13. The summed E-state index contributed by atoms with van der Waals surface area (Å²) in [4.78, 5) is 19.7. The summed E-state index contributed by atoms with van der Waals surface area (Å²) in [7, 11) is 0. The number of carbonyl (C=O) groups excluding carboxylic acids is 1. The van der Waals surface area contributed by atoms with Gasteiger partial charge in [0.05, 0.1) is 19.8 Å². The Balaban J connectivity index is 1.55. The largest absolute Gasteiger partial charge is 0.458 e. The smallest absolute Gasteiger partial charge is 0.217 e. The summed E-state index contributed by atoms with van der Waals surface area (Å²) in [5.41, 5.74) is 7.99. The standard InChI is InChI=1S/C18H23N5O3S/c1-12(24)21-10-14-2-3-16(26-14)15-11-27-18(22-15)23-17(19)20-7-4-13-5-8-25-9-6-13/h2-4,11H,5-10H2,1H3,(H,21,24)(H3,19,20,22,23). The van der Waals surface area contributed by atoms with Crippen molar-refractivity contribution in [2.75, 3.05) is 19.8 Å². The molecule has 3 heterocycles. The van der Waals surface area contributed by atoms with Crippen LogP contribution in [0.2, 0.25) is 0 Å². The zero-order valence-electron chi connectivity index (χ0n) is 15.2. The first-order chi connectivity index (χ1) is 13.1. The highest BCUT2D eigenvalue weighted by Gasteiger charge is 2.10. The topological polar surface area (TPSA) is 115 Å². The van der Waals surface area contributed by atoms with Crippen molar-refractivity contribution in [2.45, 2.75) is 26.3 Å². The van der Waals surface area contributed by atoms with Crippen molar-refractivity contribution in [1.29, 1.82) is 0 Å². The second-order valence-corrected chi connectivity index (χ2v) is 6.88. The van der Waals surface area contributed by atoms with E-state index in [1.54, 1.807) is 0 Å². The van der Waals surface area contributed by atoms with E-state index in [-0.39, 0.29) is 5.91 Å². The van der Waals surface area contributed by atoms with E-state index in [0.29, 0.717) is 41.4 Å². The molecule has 0 unspecified atom stereocenters. The monoisotopic (exact) mass is 389 g/mol. The van der Waals surface area contributed by atoms with Crippen LogP contribution in [0.25, 0.3) is 11.5 Å². The lowest BCUT2D eigenvalue weighted by Crippen LogP contribution is -2.31. The molecule has 8 nitrogen and oxygen atoms in total. The third kappa shape index (κ3) is 5.93. The van der Waals surface area contributed by atoms with Crippen LogP contribution in [0.3, 0.4) is 0 Å². The van der Waals surface area contributed by atoms with Crippen molar-refractivity contribution in [3.63, 3.8) is 0 Å². The maximum Gasteiger partial charge on any atom is 0.217 e. The molecule has 27 heavy (non-hydrogen) atoms. The molecule has 0 saturated carbocycles. The zero-order chi connectivity index (χ0) is 19.1. The summed E-state index contributed by atoms with van der Waals surface area (Å²) in [6.07, 6.45) is 4.08. The predicted molar refractivity (Wildman–Crippen MR) is 105 cm³/mol. The third-order valence-corrected chi connectivity index (χ3v) is 4.68. The molecule has 1 saturated heterocycles. The minimum atomic E-state index is -0.103. The molecule has 1 aliphatic heterocycles. The number of nitrogens with two attached hydrogens (primary N) is 1. The van der Waals surface area contributed by atoms with Crippen molar-refractivity contribution >= 4 is 28.3 Å². The maximum atomic E-state index is 11.0. The van der Waals surface area contributed by atoms with Crippen molar-refractivity contribution < 1.29 is 13.9 Å². The van der Waals surface area contributed by atoms with Gasteiger partial charge in [-0.1, -0.05) is 11.6 Å². The summed E-state index contributed by atoms with van der Waals surface area (Å²) in [5.74, 6) is 1.52. The van der Waals surface area contributed by atoms with Crippen LogP contribution >= 0.6 is 11.3 Å². The number of aliphatic imine (C=N–C) groups is 1. The molecule has 2 aromatic rings. The molecule has 1 amide bonds. The van der Waals surface area contributed by atoms with Gasteiger partial charge in [-0.25, -0.2) is 4.98 Å². The number of carbonyl (C=O) groups is 1. The highest BCUT2D eigenvalue weighted by Crippen LogP contribution is 2.28. The van der Waals surface area contributed by atoms with E-state index in [9.17, 15) is 4.79 Å². The van der Waals surface area contributed by atoms with Crippen molar-refractivity contribution in [1.82, 2.24) is 15.6 Å². The van der Waals surface area contributed by atoms with Gasteiger partial charge in [0.1, 0.15) is 11.5 Å². The van der Waals surface area contributed by atoms with Gasteiger partial charge in [0.15, 0.2) is 11.7 Å². The zero-order valence-corrected chi connectivity index (χ0v) is 16.0. The second kappa shape index (κ2) is 9.33. The number of nitrogens with one attached hydrogen (secondary N) is 2. The van der Waals surface area contributed by atoms with Crippen molar-refractivity contribution in [2.24, 2.45) is 10.7 Å². The number of ether oxygens (including phenoxy) is 1. The summed E-state index contributed by atoms with van der Waals surface area (Å²) >= 11 is 1.38. The molecule has 1 fully saturated rings. The van der Waals surface area contributed by atoms with E-state index in [1.807, 2.05) is 17.5 Å². The lowest BCUT2D eigenvalue weighted by atomic mass is 10.1. The number of amides is 1. The molecule has 0 radical (unpaired) electrons. The molecule has 0 aromatic carbocycles. The molecule has 3 rings (SSSR count). The van der Waals surface area contributed by atoms with Gasteiger partial charge in [0.25, 0.3) is 0 Å². The third-order valence-electron chi connectivity index (χ3n) is 3.94. The minimum Gasteiger partial charge on any atom is -0.458 e. The van der Waals surface area contributed by atoms with Gasteiger partial charge in [0.2, 0.25) is 11.0 Å². The number of hydrogen-bond donors (Lipinski definition) is 3. The molecule has 0 aliphatic carbocycles. The van der Waals surface area contributed by atoms with E-state index >= 15 is 0 Å². The Morgan fingerprint density at radius 2 is 2.19 bits per heavy atom. The fourth-order valence-electron chi connectivity index (χ4n) is 2.53. The summed E-state index contributed by atoms with van der Waals surface area (Å²) < 4.78 is 11.0. The Morgan fingerprint density at radius 3 is 2.96 bits per heavy atom. The fraction of sp³-hybridized carbons (Fsp3) is 0.389.